The molecule has 0 aliphatic carbocycles. The first-order valence-electron chi connectivity index (χ1n) is 11.9. The third-order valence-corrected chi connectivity index (χ3v) is 7.00. The highest BCUT2D eigenvalue weighted by atomic mass is 16.1. The van der Waals surface area contributed by atoms with Crippen molar-refractivity contribution in [2.24, 2.45) is 0 Å². The molecule has 0 atom stereocenters. The molecular formula is C28H29BN4O. The first-order chi connectivity index (χ1) is 16.5. The van der Waals surface area contributed by atoms with Gasteiger partial charge in [0.2, 0.25) is 0 Å². The summed E-state index contributed by atoms with van der Waals surface area (Å²) in [5.41, 5.74) is 3.86. The SMILES string of the molecule is [B]N1CCC(N(C)c2ccc3nc(C)n(C(c4ccccc4)c4ccccc4)c(=O)c3c2)CC1. The fraction of sp³-hybridized carbons (Fsp3) is 0.286. The van der Waals surface area contributed by atoms with Crippen LogP contribution in [-0.2, 0) is 0 Å². The molecule has 1 fully saturated rings. The number of anilines is 1. The van der Waals surface area contributed by atoms with Crippen molar-refractivity contribution in [3.05, 3.63) is 106 Å². The van der Waals surface area contributed by atoms with E-state index >= 15 is 0 Å². The maximum atomic E-state index is 14.0. The van der Waals surface area contributed by atoms with Crippen LogP contribution in [-0.4, -0.2) is 48.5 Å². The third-order valence-electron chi connectivity index (χ3n) is 7.00. The minimum absolute atomic E-state index is 0.0211. The lowest BCUT2D eigenvalue weighted by Crippen LogP contribution is -2.42. The number of aryl methyl sites for hydroxylation is 1. The summed E-state index contributed by atoms with van der Waals surface area (Å²) in [6, 6.07) is 26.5. The topological polar surface area (TPSA) is 41.4 Å². The third kappa shape index (κ3) is 4.26. The largest absolute Gasteiger partial charge is 0.371 e. The molecule has 1 saturated heterocycles. The average molecular weight is 448 g/mol. The zero-order chi connectivity index (χ0) is 23.7. The number of hydrogen-bond donors (Lipinski definition) is 0. The van der Waals surface area contributed by atoms with Crippen LogP contribution in [0.1, 0.15) is 35.8 Å². The second-order valence-electron chi connectivity index (χ2n) is 9.14. The minimum Gasteiger partial charge on any atom is -0.371 e. The maximum absolute atomic E-state index is 14.0. The van der Waals surface area contributed by atoms with E-state index in [0.29, 0.717) is 17.3 Å². The Balaban J connectivity index is 1.63. The van der Waals surface area contributed by atoms with E-state index in [-0.39, 0.29) is 11.6 Å². The van der Waals surface area contributed by atoms with Crippen LogP contribution < -0.4 is 10.5 Å². The number of nitrogens with zero attached hydrogens (tertiary/aromatic N) is 4. The summed E-state index contributed by atoms with van der Waals surface area (Å²) < 4.78 is 1.84. The van der Waals surface area contributed by atoms with Gasteiger partial charge < -0.3 is 9.71 Å². The van der Waals surface area contributed by atoms with E-state index in [1.165, 1.54) is 0 Å². The lowest BCUT2D eigenvalue weighted by atomic mass is 9.98. The van der Waals surface area contributed by atoms with Crippen LogP contribution in [0.2, 0.25) is 0 Å². The van der Waals surface area contributed by atoms with Crippen LogP contribution >= 0.6 is 0 Å². The molecule has 0 unspecified atom stereocenters. The Kier molecular flexibility index (Phi) is 6.25. The number of piperidine rings is 1. The summed E-state index contributed by atoms with van der Waals surface area (Å²) in [6.45, 7) is 3.68. The predicted molar refractivity (Wildman–Crippen MR) is 140 cm³/mol. The maximum Gasteiger partial charge on any atom is 0.262 e. The van der Waals surface area contributed by atoms with E-state index in [9.17, 15) is 4.79 Å². The van der Waals surface area contributed by atoms with E-state index in [1.807, 2.05) is 64.8 Å². The highest BCUT2D eigenvalue weighted by Gasteiger charge is 2.23. The van der Waals surface area contributed by atoms with Gasteiger partial charge in [0.05, 0.1) is 16.9 Å². The van der Waals surface area contributed by atoms with Gasteiger partial charge in [-0.25, -0.2) is 4.98 Å². The lowest BCUT2D eigenvalue weighted by Gasteiger charge is -2.36. The predicted octanol–water partition coefficient (Wildman–Crippen LogP) is 4.33. The fourth-order valence-corrected chi connectivity index (χ4v) is 5.07. The van der Waals surface area contributed by atoms with Crippen molar-refractivity contribution < 1.29 is 0 Å². The van der Waals surface area contributed by atoms with Gasteiger partial charge in [0.1, 0.15) is 5.82 Å². The van der Waals surface area contributed by atoms with Gasteiger partial charge in [-0.1, -0.05) is 60.7 Å². The van der Waals surface area contributed by atoms with Gasteiger partial charge in [-0.15, -0.1) is 0 Å². The molecule has 2 heterocycles. The van der Waals surface area contributed by atoms with Crippen molar-refractivity contribution in [3.63, 3.8) is 0 Å². The van der Waals surface area contributed by atoms with Crippen molar-refractivity contribution in [2.45, 2.75) is 31.8 Å². The molecule has 5 nitrogen and oxygen atoms in total. The molecule has 34 heavy (non-hydrogen) atoms. The van der Waals surface area contributed by atoms with Crippen LogP contribution in [0.25, 0.3) is 10.9 Å². The van der Waals surface area contributed by atoms with Gasteiger partial charge in [-0.3, -0.25) is 9.36 Å². The second kappa shape index (κ2) is 9.47. The number of benzene rings is 3. The highest BCUT2D eigenvalue weighted by Crippen LogP contribution is 2.28. The van der Waals surface area contributed by atoms with E-state index in [0.717, 1.165) is 48.3 Å². The van der Waals surface area contributed by atoms with Crippen molar-refractivity contribution in [2.75, 3.05) is 25.0 Å². The molecule has 4 aromatic rings. The summed E-state index contributed by atoms with van der Waals surface area (Å²) in [4.78, 5) is 23.0. The second-order valence-corrected chi connectivity index (χ2v) is 9.14. The number of hydrogen-bond acceptors (Lipinski definition) is 4. The monoisotopic (exact) mass is 448 g/mol. The van der Waals surface area contributed by atoms with Crippen molar-refractivity contribution >= 4 is 24.6 Å². The first-order valence-corrected chi connectivity index (χ1v) is 11.9. The van der Waals surface area contributed by atoms with E-state index in [2.05, 4.69) is 42.3 Å². The van der Waals surface area contributed by atoms with Crippen molar-refractivity contribution in [1.29, 1.82) is 0 Å². The Labute approximate surface area is 202 Å². The van der Waals surface area contributed by atoms with Crippen LogP contribution in [0.15, 0.2) is 83.7 Å². The van der Waals surface area contributed by atoms with Gasteiger partial charge in [0.15, 0.2) is 7.98 Å². The summed E-state index contributed by atoms with van der Waals surface area (Å²) in [7, 11) is 8.05. The van der Waals surface area contributed by atoms with Crippen LogP contribution in [0.5, 0.6) is 0 Å². The van der Waals surface area contributed by atoms with Crippen molar-refractivity contribution in [3.8, 4) is 0 Å². The summed E-state index contributed by atoms with van der Waals surface area (Å²) in [5, 5.41) is 0.642. The smallest absolute Gasteiger partial charge is 0.262 e. The van der Waals surface area contributed by atoms with Gasteiger partial charge in [0.25, 0.3) is 5.56 Å². The molecular weight excluding hydrogens is 419 g/mol. The Hall–Kier alpha value is -3.38. The fourth-order valence-electron chi connectivity index (χ4n) is 5.07. The Morgan fingerprint density at radius 1 is 0.941 bits per heavy atom. The van der Waals surface area contributed by atoms with Crippen molar-refractivity contribution in [1.82, 2.24) is 14.4 Å². The summed E-state index contributed by atoms with van der Waals surface area (Å²) in [6.07, 6.45) is 2.01. The molecule has 0 amide bonds. The lowest BCUT2D eigenvalue weighted by molar-refractivity contribution is 0.329. The summed E-state index contributed by atoms with van der Waals surface area (Å²) in [5.74, 6) is 0.701. The number of rotatable bonds is 5. The molecule has 3 aromatic carbocycles. The van der Waals surface area contributed by atoms with E-state index in [1.54, 1.807) is 0 Å². The Morgan fingerprint density at radius 2 is 1.53 bits per heavy atom. The Bertz CT molecular complexity index is 1290. The molecule has 5 rings (SSSR count). The van der Waals surface area contributed by atoms with Gasteiger partial charge >= 0.3 is 0 Å². The van der Waals surface area contributed by atoms with E-state index in [4.69, 9.17) is 13.0 Å². The standard InChI is InChI=1S/C28H29BN4O/c1-20-30-26-14-13-24(31(2)23-15-17-32(29)18-16-23)19-25(26)28(34)33(20)27(21-9-5-3-6-10-21)22-11-7-4-8-12-22/h3-14,19,23,27H,15-18H2,1-2H3. The normalized spacial score (nSPS) is 15.1. The van der Waals surface area contributed by atoms with Gasteiger partial charge in [-0.2, -0.15) is 0 Å². The number of fused-ring (bicyclic) bond motifs is 1. The highest BCUT2D eigenvalue weighted by molar-refractivity contribution is 6.04. The molecule has 0 saturated carbocycles. The van der Waals surface area contributed by atoms with Gasteiger partial charge in [0, 0.05) is 18.8 Å². The van der Waals surface area contributed by atoms with Crippen LogP contribution in [0.4, 0.5) is 5.69 Å². The molecule has 6 heteroatoms. The average Bonchev–Trinajstić information content (AvgIpc) is 2.87. The zero-order valence-corrected chi connectivity index (χ0v) is 19.8. The molecule has 2 radical (unpaired) electrons. The first kappa shape index (κ1) is 22.4. The molecule has 0 bridgehead atoms. The van der Waals surface area contributed by atoms with Crippen LogP contribution in [0, 0.1) is 6.92 Å². The molecule has 0 N–H and O–H groups in total. The molecule has 0 spiro atoms. The van der Waals surface area contributed by atoms with Crippen LogP contribution in [0.3, 0.4) is 0 Å². The zero-order valence-electron chi connectivity index (χ0n) is 19.8. The quantitative estimate of drug-likeness (QED) is 0.427. The Morgan fingerprint density at radius 3 is 2.12 bits per heavy atom. The molecule has 1 aliphatic rings. The molecule has 1 aromatic heterocycles. The minimum atomic E-state index is -0.248. The number of aromatic nitrogens is 2. The summed E-state index contributed by atoms with van der Waals surface area (Å²) >= 11 is 0. The van der Waals surface area contributed by atoms with Gasteiger partial charge in [-0.05, 0) is 62.2 Å². The molecule has 170 valence electrons. The van der Waals surface area contributed by atoms with E-state index < -0.39 is 0 Å². The molecule has 1 aliphatic heterocycles.